The van der Waals surface area contributed by atoms with Gasteiger partial charge < -0.3 is 10.1 Å². The summed E-state index contributed by atoms with van der Waals surface area (Å²) in [5, 5.41) is 3.66. The Labute approximate surface area is 153 Å². The number of ether oxygens (including phenoxy) is 1. The van der Waals surface area contributed by atoms with Crippen molar-refractivity contribution in [2.75, 3.05) is 31.7 Å². The lowest BCUT2D eigenvalue weighted by Crippen LogP contribution is -2.43. The fourth-order valence-corrected chi connectivity index (χ4v) is 4.12. The van der Waals surface area contributed by atoms with Crippen LogP contribution in [0.1, 0.15) is 24.5 Å². The molecular weight excluding hydrogens is 364 g/mol. The SMILES string of the molecule is CS(=O)(=O)CCC(=O)N[C@H]1C[C@H]2CO[C@@H](c3ccc(Cl)cc3)CN2C1. The minimum absolute atomic E-state index is 0.00759. The molecule has 1 amide bonds. The maximum absolute atomic E-state index is 11.9. The van der Waals surface area contributed by atoms with Crippen molar-refractivity contribution in [2.24, 2.45) is 0 Å². The molecule has 0 bridgehead atoms. The summed E-state index contributed by atoms with van der Waals surface area (Å²) in [5.41, 5.74) is 1.10. The molecule has 25 heavy (non-hydrogen) atoms. The molecule has 0 unspecified atom stereocenters. The second kappa shape index (κ2) is 7.61. The third kappa shape index (κ3) is 5.17. The Bertz CT molecular complexity index is 723. The Balaban J connectivity index is 1.52. The van der Waals surface area contributed by atoms with E-state index >= 15 is 0 Å². The number of hydrogen-bond donors (Lipinski definition) is 1. The number of rotatable bonds is 5. The highest BCUT2D eigenvalue weighted by atomic mass is 35.5. The van der Waals surface area contributed by atoms with E-state index < -0.39 is 9.84 Å². The first-order chi connectivity index (χ1) is 11.8. The van der Waals surface area contributed by atoms with Crippen LogP contribution in [0.15, 0.2) is 24.3 Å². The molecule has 3 atom stereocenters. The van der Waals surface area contributed by atoms with Gasteiger partial charge in [-0.05, 0) is 24.1 Å². The van der Waals surface area contributed by atoms with Crippen molar-refractivity contribution in [1.29, 1.82) is 0 Å². The summed E-state index contributed by atoms with van der Waals surface area (Å²) in [6.45, 7) is 2.17. The van der Waals surface area contributed by atoms with Gasteiger partial charge in [-0.25, -0.2) is 8.42 Å². The minimum atomic E-state index is -3.12. The van der Waals surface area contributed by atoms with Crippen LogP contribution < -0.4 is 5.32 Å². The summed E-state index contributed by atoms with van der Waals surface area (Å²) in [6, 6.07) is 8.03. The molecule has 8 heteroatoms. The molecule has 1 aromatic carbocycles. The molecule has 138 valence electrons. The van der Waals surface area contributed by atoms with Crippen molar-refractivity contribution in [3.05, 3.63) is 34.9 Å². The summed E-state index contributed by atoms with van der Waals surface area (Å²) in [5.74, 6) is -0.314. The van der Waals surface area contributed by atoms with Gasteiger partial charge in [0.05, 0.1) is 18.5 Å². The molecule has 2 fully saturated rings. The molecule has 0 aromatic heterocycles. The quantitative estimate of drug-likeness (QED) is 0.828. The smallest absolute Gasteiger partial charge is 0.221 e. The Morgan fingerprint density at radius 2 is 2.04 bits per heavy atom. The van der Waals surface area contributed by atoms with Crippen LogP contribution in [0.3, 0.4) is 0 Å². The van der Waals surface area contributed by atoms with Gasteiger partial charge in [0.25, 0.3) is 0 Å². The number of fused-ring (bicyclic) bond motifs is 1. The lowest BCUT2D eigenvalue weighted by molar-refractivity contribution is -0.121. The molecule has 2 saturated heterocycles. The van der Waals surface area contributed by atoms with Crippen LogP contribution in [0, 0.1) is 0 Å². The summed E-state index contributed by atoms with van der Waals surface area (Å²) < 4.78 is 28.3. The molecule has 2 aliphatic heterocycles. The van der Waals surface area contributed by atoms with E-state index in [2.05, 4.69) is 10.2 Å². The van der Waals surface area contributed by atoms with Gasteiger partial charge in [0.2, 0.25) is 5.91 Å². The average Bonchev–Trinajstić information content (AvgIpc) is 2.94. The second-order valence-corrected chi connectivity index (χ2v) is 9.56. The fraction of sp³-hybridized carbons (Fsp3) is 0.588. The first-order valence-corrected chi connectivity index (χ1v) is 10.8. The van der Waals surface area contributed by atoms with E-state index in [9.17, 15) is 13.2 Å². The molecular formula is C17H23ClN2O4S. The molecule has 2 heterocycles. The van der Waals surface area contributed by atoms with E-state index in [-0.39, 0.29) is 30.2 Å². The summed E-state index contributed by atoms with van der Waals surface area (Å²) in [4.78, 5) is 14.3. The van der Waals surface area contributed by atoms with Crippen LogP contribution in [-0.2, 0) is 19.4 Å². The van der Waals surface area contributed by atoms with Gasteiger partial charge in [-0.2, -0.15) is 0 Å². The van der Waals surface area contributed by atoms with Gasteiger partial charge in [-0.1, -0.05) is 23.7 Å². The Morgan fingerprint density at radius 3 is 2.72 bits per heavy atom. The van der Waals surface area contributed by atoms with Gasteiger partial charge in [0, 0.05) is 42.9 Å². The van der Waals surface area contributed by atoms with E-state index in [0.29, 0.717) is 17.7 Å². The predicted octanol–water partition coefficient (Wildman–Crippen LogP) is 1.41. The number of nitrogens with zero attached hydrogens (tertiary/aromatic N) is 1. The molecule has 2 aliphatic rings. The minimum Gasteiger partial charge on any atom is -0.371 e. The number of benzene rings is 1. The van der Waals surface area contributed by atoms with Crippen LogP contribution in [0.2, 0.25) is 5.02 Å². The van der Waals surface area contributed by atoms with Crippen molar-refractivity contribution in [2.45, 2.75) is 31.0 Å². The van der Waals surface area contributed by atoms with Crippen molar-refractivity contribution < 1.29 is 17.9 Å². The molecule has 6 nitrogen and oxygen atoms in total. The lowest BCUT2D eigenvalue weighted by Gasteiger charge is -2.35. The van der Waals surface area contributed by atoms with Gasteiger partial charge in [-0.15, -0.1) is 0 Å². The Kier molecular flexibility index (Phi) is 5.68. The zero-order valence-electron chi connectivity index (χ0n) is 14.2. The highest BCUT2D eigenvalue weighted by Gasteiger charge is 2.38. The molecule has 0 aliphatic carbocycles. The zero-order valence-corrected chi connectivity index (χ0v) is 15.7. The lowest BCUT2D eigenvalue weighted by atomic mass is 10.1. The largest absolute Gasteiger partial charge is 0.371 e. The fourth-order valence-electron chi connectivity index (χ4n) is 3.44. The number of carbonyl (C=O) groups excluding carboxylic acids is 1. The maximum atomic E-state index is 11.9. The molecule has 3 rings (SSSR count). The number of morpholine rings is 1. The Morgan fingerprint density at radius 1 is 1.32 bits per heavy atom. The molecule has 0 spiro atoms. The van der Waals surface area contributed by atoms with Crippen molar-refractivity contribution in [3.8, 4) is 0 Å². The average molecular weight is 387 g/mol. The molecule has 1 aromatic rings. The van der Waals surface area contributed by atoms with Crippen LogP contribution >= 0.6 is 11.6 Å². The number of hydrogen-bond acceptors (Lipinski definition) is 5. The van der Waals surface area contributed by atoms with E-state index in [1.165, 1.54) is 0 Å². The zero-order chi connectivity index (χ0) is 18.0. The second-order valence-electron chi connectivity index (χ2n) is 6.86. The Hall–Kier alpha value is -1.15. The maximum Gasteiger partial charge on any atom is 0.221 e. The first-order valence-electron chi connectivity index (χ1n) is 8.38. The summed E-state index contributed by atoms with van der Waals surface area (Å²) in [6.07, 6.45) is 2.00. The standard InChI is InChI=1S/C17H23ClN2O4S/c1-25(22,23)7-6-17(21)19-14-8-15-11-24-16(10-20(15)9-14)12-2-4-13(18)5-3-12/h2-5,14-16H,6-11H2,1H3,(H,19,21)/t14-,15-,16+/m0/s1. The van der Waals surface area contributed by atoms with Crippen LogP contribution in [-0.4, -0.2) is 63.0 Å². The molecule has 1 N–H and O–H groups in total. The monoisotopic (exact) mass is 386 g/mol. The van der Waals surface area contributed by atoms with Crippen molar-refractivity contribution in [1.82, 2.24) is 10.2 Å². The van der Waals surface area contributed by atoms with Gasteiger partial charge in [0.1, 0.15) is 9.84 Å². The van der Waals surface area contributed by atoms with E-state index in [1.54, 1.807) is 0 Å². The van der Waals surface area contributed by atoms with Crippen LogP contribution in [0.5, 0.6) is 0 Å². The highest BCUT2D eigenvalue weighted by Crippen LogP contribution is 2.30. The summed E-state index contributed by atoms with van der Waals surface area (Å²) in [7, 11) is -3.12. The first kappa shape index (κ1) is 18.6. The van der Waals surface area contributed by atoms with Crippen molar-refractivity contribution >= 4 is 27.3 Å². The van der Waals surface area contributed by atoms with Gasteiger partial charge in [0.15, 0.2) is 0 Å². The molecule has 0 saturated carbocycles. The normalized spacial score (nSPS) is 27.0. The number of nitrogens with one attached hydrogen (secondary N) is 1. The number of carbonyl (C=O) groups is 1. The van der Waals surface area contributed by atoms with Crippen LogP contribution in [0.25, 0.3) is 0 Å². The van der Waals surface area contributed by atoms with E-state index in [4.69, 9.17) is 16.3 Å². The number of halogens is 1. The third-order valence-corrected chi connectivity index (χ3v) is 5.92. The van der Waals surface area contributed by atoms with E-state index in [1.807, 2.05) is 24.3 Å². The predicted molar refractivity (Wildman–Crippen MR) is 96.4 cm³/mol. The number of sulfone groups is 1. The number of amides is 1. The third-order valence-electron chi connectivity index (χ3n) is 4.72. The van der Waals surface area contributed by atoms with E-state index in [0.717, 1.165) is 31.3 Å². The van der Waals surface area contributed by atoms with Crippen LogP contribution in [0.4, 0.5) is 0 Å². The molecule has 0 radical (unpaired) electrons. The topological polar surface area (TPSA) is 75.7 Å². The van der Waals surface area contributed by atoms with Gasteiger partial charge in [-0.3, -0.25) is 9.69 Å². The summed E-state index contributed by atoms with van der Waals surface area (Å²) >= 11 is 5.93. The van der Waals surface area contributed by atoms with Gasteiger partial charge >= 0.3 is 0 Å². The highest BCUT2D eigenvalue weighted by molar-refractivity contribution is 7.90. The van der Waals surface area contributed by atoms with Crippen molar-refractivity contribution in [3.63, 3.8) is 0 Å².